The molecule has 140 valence electrons. The van der Waals surface area contributed by atoms with E-state index in [0.717, 1.165) is 16.9 Å². The van der Waals surface area contributed by atoms with E-state index < -0.39 is 0 Å². The minimum atomic E-state index is -0.381. The zero-order valence-corrected chi connectivity index (χ0v) is 15.2. The summed E-state index contributed by atoms with van der Waals surface area (Å²) in [7, 11) is 3.18. The van der Waals surface area contributed by atoms with E-state index in [1.165, 1.54) is 0 Å². The van der Waals surface area contributed by atoms with Crippen LogP contribution in [-0.2, 0) is 4.79 Å². The lowest BCUT2D eigenvalue weighted by molar-refractivity contribution is -0.118. The molecule has 1 amide bonds. The number of nitrogens with one attached hydrogen (secondary N) is 1. The Hall–Kier alpha value is -3.55. The summed E-state index contributed by atoms with van der Waals surface area (Å²) in [6, 6.07) is 12.4. The molecule has 0 unspecified atom stereocenters. The van der Waals surface area contributed by atoms with Crippen LogP contribution in [-0.4, -0.2) is 37.0 Å². The van der Waals surface area contributed by atoms with Crippen molar-refractivity contribution < 1.29 is 23.6 Å². The third-order valence-corrected chi connectivity index (χ3v) is 3.86. The number of benzene rings is 2. The molecule has 0 aliphatic heterocycles. The van der Waals surface area contributed by atoms with Gasteiger partial charge < -0.3 is 19.5 Å². The summed E-state index contributed by atoms with van der Waals surface area (Å²) in [5.41, 5.74) is 2.13. The lowest BCUT2D eigenvalue weighted by Crippen LogP contribution is -2.20. The van der Waals surface area contributed by atoms with Crippen LogP contribution in [0.25, 0.3) is 11.3 Å². The highest BCUT2D eigenvalue weighted by Gasteiger charge is 2.17. The molecule has 3 rings (SSSR count). The van der Waals surface area contributed by atoms with Crippen LogP contribution in [0.4, 0.5) is 5.82 Å². The molecule has 0 aliphatic carbocycles. The van der Waals surface area contributed by atoms with Crippen molar-refractivity contribution in [3.63, 3.8) is 0 Å². The molecule has 0 bridgehead atoms. The smallest absolute Gasteiger partial charge is 0.263 e. The topological polar surface area (TPSA) is 95.7 Å². The van der Waals surface area contributed by atoms with Crippen molar-refractivity contribution in [2.75, 3.05) is 26.1 Å². The van der Waals surface area contributed by atoms with Gasteiger partial charge in [-0.15, -0.1) is 0 Å². The van der Waals surface area contributed by atoms with E-state index in [9.17, 15) is 4.79 Å². The normalized spacial score (nSPS) is 10.3. The lowest BCUT2D eigenvalue weighted by atomic mass is 10.1. The molecule has 27 heavy (non-hydrogen) atoms. The van der Waals surface area contributed by atoms with Crippen molar-refractivity contribution in [3.8, 4) is 28.5 Å². The molecular formula is C19H19N3O5. The van der Waals surface area contributed by atoms with E-state index in [-0.39, 0.29) is 18.3 Å². The molecule has 0 radical (unpaired) electrons. The van der Waals surface area contributed by atoms with Gasteiger partial charge in [-0.05, 0) is 65.3 Å². The molecule has 8 heteroatoms. The van der Waals surface area contributed by atoms with Crippen molar-refractivity contribution in [2.24, 2.45) is 0 Å². The van der Waals surface area contributed by atoms with Gasteiger partial charge in [0.25, 0.3) is 5.91 Å². The number of nitrogens with zero attached hydrogens (tertiary/aromatic N) is 2. The first-order chi connectivity index (χ1) is 13.1. The van der Waals surface area contributed by atoms with Crippen molar-refractivity contribution in [2.45, 2.75) is 6.92 Å². The molecule has 0 spiro atoms. The van der Waals surface area contributed by atoms with E-state index in [4.69, 9.17) is 18.8 Å². The molecule has 0 atom stereocenters. The van der Waals surface area contributed by atoms with Gasteiger partial charge in [-0.1, -0.05) is 0 Å². The fourth-order valence-electron chi connectivity index (χ4n) is 2.47. The number of carbonyl (C=O) groups excluding carboxylic acids is 1. The maximum Gasteiger partial charge on any atom is 0.263 e. The first kappa shape index (κ1) is 18.2. The van der Waals surface area contributed by atoms with Gasteiger partial charge in [0.1, 0.15) is 17.2 Å². The molecule has 3 aromatic rings. The summed E-state index contributed by atoms with van der Waals surface area (Å²) in [5.74, 6) is 1.84. The fraction of sp³-hybridized carbons (Fsp3) is 0.211. The number of methoxy groups -OCH3 is 2. The van der Waals surface area contributed by atoms with E-state index in [1.54, 1.807) is 44.6 Å². The second kappa shape index (κ2) is 8.22. The van der Waals surface area contributed by atoms with Crippen LogP contribution in [0.5, 0.6) is 17.2 Å². The van der Waals surface area contributed by atoms with Crippen LogP contribution in [0.2, 0.25) is 0 Å². The second-order valence-electron chi connectivity index (χ2n) is 5.65. The Morgan fingerprint density at radius 3 is 2.33 bits per heavy atom. The number of aryl methyl sites for hydroxylation is 1. The van der Waals surface area contributed by atoms with Gasteiger partial charge in [0, 0.05) is 5.56 Å². The molecule has 1 aromatic heterocycles. The fourth-order valence-corrected chi connectivity index (χ4v) is 2.47. The Morgan fingerprint density at radius 2 is 1.67 bits per heavy atom. The highest BCUT2D eigenvalue weighted by molar-refractivity contribution is 5.94. The standard InChI is InChI=1S/C19H19N3O5/c1-12-10-15(25-3)8-9-16(12)18-19(22-27-21-18)20-17(23)11-26-14-6-4-13(24-2)5-7-14/h4-10H,11H2,1-3H3,(H,20,22,23). The van der Waals surface area contributed by atoms with Gasteiger partial charge in [0.2, 0.25) is 5.82 Å². The number of hydrogen-bond acceptors (Lipinski definition) is 7. The third kappa shape index (κ3) is 4.35. The van der Waals surface area contributed by atoms with Crippen molar-refractivity contribution in [1.29, 1.82) is 0 Å². The van der Waals surface area contributed by atoms with Gasteiger partial charge in [-0.2, -0.15) is 0 Å². The largest absolute Gasteiger partial charge is 0.497 e. The van der Waals surface area contributed by atoms with Crippen LogP contribution < -0.4 is 19.5 Å². The second-order valence-corrected chi connectivity index (χ2v) is 5.65. The van der Waals surface area contributed by atoms with Crippen molar-refractivity contribution >= 4 is 11.7 Å². The van der Waals surface area contributed by atoms with Gasteiger partial charge in [0.05, 0.1) is 14.2 Å². The van der Waals surface area contributed by atoms with Gasteiger partial charge in [0.15, 0.2) is 12.3 Å². The Kier molecular flexibility index (Phi) is 5.55. The number of hydrogen-bond donors (Lipinski definition) is 1. The predicted octanol–water partition coefficient (Wildman–Crippen LogP) is 3.08. The highest BCUT2D eigenvalue weighted by Crippen LogP contribution is 2.29. The Balaban J connectivity index is 1.66. The zero-order chi connectivity index (χ0) is 19.2. The minimum Gasteiger partial charge on any atom is -0.497 e. The number of aromatic nitrogens is 2. The molecule has 1 N–H and O–H groups in total. The predicted molar refractivity (Wildman–Crippen MR) is 98.1 cm³/mol. The SMILES string of the molecule is COc1ccc(OCC(=O)Nc2nonc2-c2ccc(OC)cc2C)cc1. The van der Waals surface area contributed by atoms with E-state index in [2.05, 4.69) is 15.6 Å². The van der Waals surface area contributed by atoms with Gasteiger partial charge >= 0.3 is 0 Å². The first-order valence-electron chi connectivity index (χ1n) is 8.15. The molecular weight excluding hydrogens is 350 g/mol. The maximum absolute atomic E-state index is 12.2. The number of carbonyl (C=O) groups is 1. The number of ether oxygens (including phenoxy) is 3. The minimum absolute atomic E-state index is 0.180. The highest BCUT2D eigenvalue weighted by atomic mass is 16.6. The monoisotopic (exact) mass is 369 g/mol. The Morgan fingerprint density at radius 1 is 1.00 bits per heavy atom. The maximum atomic E-state index is 12.2. The summed E-state index contributed by atoms with van der Waals surface area (Å²) in [6.07, 6.45) is 0. The lowest BCUT2D eigenvalue weighted by Gasteiger charge is -2.08. The number of anilines is 1. The molecule has 2 aromatic carbocycles. The summed E-state index contributed by atoms with van der Waals surface area (Å²) in [5, 5.41) is 10.3. The summed E-state index contributed by atoms with van der Waals surface area (Å²) < 4.78 is 20.5. The van der Waals surface area contributed by atoms with Crippen LogP contribution in [0.1, 0.15) is 5.56 Å². The molecule has 0 saturated carbocycles. The quantitative estimate of drug-likeness (QED) is 0.684. The van der Waals surface area contributed by atoms with E-state index in [0.29, 0.717) is 17.2 Å². The van der Waals surface area contributed by atoms with Crippen molar-refractivity contribution in [1.82, 2.24) is 10.3 Å². The molecule has 1 heterocycles. The first-order valence-corrected chi connectivity index (χ1v) is 8.15. The van der Waals surface area contributed by atoms with Gasteiger partial charge in [-0.3, -0.25) is 4.79 Å². The molecule has 0 saturated heterocycles. The Bertz CT molecular complexity index is 921. The van der Waals surface area contributed by atoms with E-state index in [1.807, 2.05) is 19.1 Å². The van der Waals surface area contributed by atoms with Crippen LogP contribution in [0, 0.1) is 6.92 Å². The average molecular weight is 369 g/mol. The Labute approximate surface area is 156 Å². The summed E-state index contributed by atoms with van der Waals surface area (Å²) >= 11 is 0. The van der Waals surface area contributed by atoms with Crippen LogP contribution in [0.15, 0.2) is 47.1 Å². The number of rotatable bonds is 7. The van der Waals surface area contributed by atoms with E-state index >= 15 is 0 Å². The average Bonchev–Trinajstić information content (AvgIpc) is 3.14. The number of amides is 1. The summed E-state index contributed by atoms with van der Waals surface area (Å²) in [4.78, 5) is 12.2. The van der Waals surface area contributed by atoms with Crippen LogP contribution >= 0.6 is 0 Å². The zero-order valence-electron chi connectivity index (χ0n) is 15.2. The molecule has 0 aliphatic rings. The van der Waals surface area contributed by atoms with Crippen LogP contribution in [0.3, 0.4) is 0 Å². The van der Waals surface area contributed by atoms with Gasteiger partial charge in [-0.25, -0.2) is 4.63 Å². The van der Waals surface area contributed by atoms with Crippen molar-refractivity contribution in [3.05, 3.63) is 48.0 Å². The summed E-state index contributed by atoms with van der Waals surface area (Å²) in [6.45, 7) is 1.73. The molecule has 0 fully saturated rings. The molecule has 8 nitrogen and oxygen atoms in total. The third-order valence-electron chi connectivity index (χ3n) is 3.86.